The molecule has 2 nitrogen and oxygen atoms in total. The third-order valence-electron chi connectivity index (χ3n) is 3.28. The quantitative estimate of drug-likeness (QED) is 0.786. The summed E-state index contributed by atoms with van der Waals surface area (Å²) in [6, 6.07) is 8.08. The SMILES string of the molecule is CC(C)C(=O)N1CCC[C@@H]1c1ccc(Cl)cc1. The molecule has 0 saturated carbocycles. The van der Waals surface area contributed by atoms with Crippen LogP contribution in [0.1, 0.15) is 38.3 Å². The van der Waals surface area contributed by atoms with Gasteiger partial charge in [-0.25, -0.2) is 0 Å². The lowest BCUT2D eigenvalue weighted by Crippen LogP contribution is -2.33. The van der Waals surface area contributed by atoms with Crippen LogP contribution >= 0.6 is 11.6 Å². The van der Waals surface area contributed by atoms with E-state index in [1.54, 1.807) is 0 Å². The fraction of sp³-hybridized carbons (Fsp3) is 0.500. The van der Waals surface area contributed by atoms with Crippen LogP contribution in [0, 0.1) is 5.92 Å². The van der Waals surface area contributed by atoms with Gasteiger partial charge in [0.15, 0.2) is 0 Å². The molecule has 0 N–H and O–H groups in total. The molecule has 1 atom stereocenters. The Morgan fingerprint density at radius 1 is 1.35 bits per heavy atom. The predicted molar refractivity (Wildman–Crippen MR) is 70.0 cm³/mol. The largest absolute Gasteiger partial charge is 0.335 e. The molecule has 1 aliphatic rings. The standard InChI is InChI=1S/C14H18ClNO/c1-10(2)14(17)16-9-3-4-13(16)11-5-7-12(15)8-6-11/h5-8,10,13H,3-4,9H2,1-2H3/t13-/m1/s1. The Bertz CT molecular complexity index is 399. The zero-order chi connectivity index (χ0) is 12.4. The number of likely N-dealkylation sites (tertiary alicyclic amines) is 1. The van der Waals surface area contributed by atoms with Gasteiger partial charge in [-0.15, -0.1) is 0 Å². The van der Waals surface area contributed by atoms with Gasteiger partial charge in [0, 0.05) is 17.5 Å². The molecule has 0 unspecified atom stereocenters. The second-order valence-corrected chi connectivity index (χ2v) is 5.33. The van der Waals surface area contributed by atoms with Crippen molar-refractivity contribution in [2.45, 2.75) is 32.7 Å². The predicted octanol–water partition coefficient (Wildman–Crippen LogP) is 3.66. The van der Waals surface area contributed by atoms with Crippen molar-refractivity contribution in [3.8, 4) is 0 Å². The molecule has 1 aliphatic heterocycles. The summed E-state index contributed by atoms with van der Waals surface area (Å²) >= 11 is 5.89. The van der Waals surface area contributed by atoms with Gasteiger partial charge in [-0.1, -0.05) is 37.6 Å². The number of rotatable bonds is 2. The van der Waals surface area contributed by atoms with Gasteiger partial charge < -0.3 is 4.90 Å². The summed E-state index contributed by atoms with van der Waals surface area (Å²) in [5, 5.41) is 0.744. The first-order valence-corrected chi connectivity index (χ1v) is 6.53. The number of benzene rings is 1. The van der Waals surface area contributed by atoms with Crippen LogP contribution < -0.4 is 0 Å². The van der Waals surface area contributed by atoms with Gasteiger partial charge in [-0.2, -0.15) is 0 Å². The fourth-order valence-corrected chi connectivity index (χ4v) is 2.52. The van der Waals surface area contributed by atoms with Crippen LogP contribution in [0.3, 0.4) is 0 Å². The molecule has 1 aromatic carbocycles. The molecule has 0 aromatic heterocycles. The highest BCUT2D eigenvalue weighted by Crippen LogP contribution is 2.33. The van der Waals surface area contributed by atoms with Crippen molar-refractivity contribution >= 4 is 17.5 Å². The molecule has 0 bridgehead atoms. The van der Waals surface area contributed by atoms with E-state index in [0.29, 0.717) is 0 Å². The van der Waals surface area contributed by atoms with E-state index in [1.165, 1.54) is 5.56 Å². The van der Waals surface area contributed by atoms with Crippen LogP contribution in [0.5, 0.6) is 0 Å². The van der Waals surface area contributed by atoms with Gasteiger partial charge in [0.25, 0.3) is 0 Å². The molecule has 0 radical (unpaired) electrons. The van der Waals surface area contributed by atoms with Gasteiger partial charge in [-0.3, -0.25) is 4.79 Å². The van der Waals surface area contributed by atoms with Crippen molar-refractivity contribution in [2.75, 3.05) is 6.54 Å². The second kappa shape index (κ2) is 5.09. The number of hydrogen-bond acceptors (Lipinski definition) is 1. The zero-order valence-electron chi connectivity index (χ0n) is 10.3. The molecule has 1 fully saturated rings. The highest BCUT2D eigenvalue weighted by atomic mass is 35.5. The number of nitrogens with zero attached hydrogens (tertiary/aromatic N) is 1. The van der Waals surface area contributed by atoms with E-state index in [1.807, 2.05) is 43.0 Å². The van der Waals surface area contributed by atoms with Gasteiger partial charge in [-0.05, 0) is 30.5 Å². The summed E-state index contributed by atoms with van der Waals surface area (Å²) in [5.41, 5.74) is 1.20. The number of carbonyl (C=O) groups excluding carboxylic acids is 1. The molecule has 1 amide bonds. The minimum Gasteiger partial charge on any atom is -0.335 e. The summed E-state index contributed by atoms with van der Waals surface area (Å²) in [6.07, 6.45) is 2.14. The van der Waals surface area contributed by atoms with Gasteiger partial charge in [0.05, 0.1) is 6.04 Å². The van der Waals surface area contributed by atoms with Crippen molar-refractivity contribution in [3.63, 3.8) is 0 Å². The lowest BCUT2D eigenvalue weighted by molar-refractivity contribution is -0.135. The molecule has 0 spiro atoms. The number of hydrogen-bond donors (Lipinski definition) is 0. The minimum atomic E-state index is 0.0721. The minimum absolute atomic E-state index is 0.0721. The number of amides is 1. The molecule has 0 aliphatic carbocycles. The summed E-state index contributed by atoms with van der Waals surface area (Å²) < 4.78 is 0. The van der Waals surface area contributed by atoms with E-state index < -0.39 is 0 Å². The van der Waals surface area contributed by atoms with E-state index in [-0.39, 0.29) is 17.9 Å². The van der Waals surface area contributed by atoms with E-state index in [0.717, 1.165) is 24.4 Å². The number of halogens is 1. The fourth-order valence-electron chi connectivity index (χ4n) is 2.39. The Morgan fingerprint density at radius 3 is 2.59 bits per heavy atom. The third kappa shape index (κ3) is 2.63. The molecular formula is C14H18ClNO. The first-order valence-electron chi connectivity index (χ1n) is 6.15. The Kier molecular flexibility index (Phi) is 3.72. The molecule has 3 heteroatoms. The molecular weight excluding hydrogens is 234 g/mol. The highest BCUT2D eigenvalue weighted by Gasteiger charge is 2.30. The van der Waals surface area contributed by atoms with Crippen LogP contribution in [-0.2, 0) is 4.79 Å². The number of carbonyl (C=O) groups is 1. The highest BCUT2D eigenvalue weighted by molar-refractivity contribution is 6.30. The molecule has 17 heavy (non-hydrogen) atoms. The Labute approximate surface area is 108 Å². The Balaban J connectivity index is 2.20. The van der Waals surface area contributed by atoms with Crippen LogP contribution in [0.4, 0.5) is 0 Å². The normalized spacial score (nSPS) is 20.0. The summed E-state index contributed by atoms with van der Waals surface area (Å²) in [6.45, 7) is 4.80. The maximum Gasteiger partial charge on any atom is 0.225 e. The molecule has 92 valence electrons. The van der Waals surface area contributed by atoms with Crippen LogP contribution in [0.15, 0.2) is 24.3 Å². The van der Waals surface area contributed by atoms with Crippen molar-refractivity contribution < 1.29 is 4.79 Å². The van der Waals surface area contributed by atoms with E-state index in [2.05, 4.69) is 0 Å². The summed E-state index contributed by atoms with van der Waals surface area (Å²) in [4.78, 5) is 14.1. The second-order valence-electron chi connectivity index (χ2n) is 4.90. The molecule has 1 heterocycles. The lowest BCUT2D eigenvalue weighted by atomic mass is 10.0. The Hall–Kier alpha value is -1.02. The van der Waals surface area contributed by atoms with Gasteiger partial charge in [0.1, 0.15) is 0 Å². The van der Waals surface area contributed by atoms with E-state index in [4.69, 9.17) is 11.6 Å². The first kappa shape index (κ1) is 12.4. The van der Waals surface area contributed by atoms with Crippen molar-refractivity contribution in [1.82, 2.24) is 4.90 Å². The maximum absolute atomic E-state index is 12.1. The third-order valence-corrected chi connectivity index (χ3v) is 3.54. The Morgan fingerprint density at radius 2 is 2.00 bits per heavy atom. The zero-order valence-corrected chi connectivity index (χ0v) is 11.1. The van der Waals surface area contributed by atoms with Crippen LogP contribution in [0.25, 0.3) is 0 Å². The molecule has 2 rings (SSSR count). The van der Waals surface area contributed by atoms with Gasteiger partial charge >= 0.3 is 0 Å². The van der Waals surface area contributed by atoms with E-state index in [9.17, 15) is 4.79 Å². The smallest absolute Gasteiger partial charge is 0.225 e. The summed E-state index contributed by atoms with van der Waals surface area (Å²) in [5.74, 6) is 0.324. The monoisotopic (exact) mass is 251 g/mol. The average Bonchev–Trinajstić information content (AvgIpc) is 2.77. The van der Waals surface area contributed by atoms with Crippen molar-refractivity contribution in [3.05, 3.63) is 34.9 Å². The molecule has 1 saturated heterocycles. The average molecular weight is 252 g/mol. The maximum atomic E-state index is 12.1. The van der Waals surface area contributed by atoms with Crippen molar-refractivity contribution in [1.29, 1.82) is 0 Å². The summed E-state index contributed by atoms with van der Waals surface area (Å²) in [7, 11) is 0. The topological polar surface area (TPSA) is 20.3 Å². The van der Waals surface area contributed by atoms with E-state index >= 15 is 0 Å². The first-order chi connectivity index (χ1) is 8.09. The van der Waals surface area contributed by atoms with Crippen molar-refractivity contribution in [2.24, 2.45) is 5.92 Å². The molecule has 1 aromatic rings. The van der Waals surface area contributed by atoms with Crippen LogP contribution in [0.2, 0.25) is 5.02 Å². The lowest BCUT2D eigenvalue weighted by Gasteiger charge is -2.26. The van der Waals surface area contributed by atoms with Gasteiger partial charge in [0.2, 0.25) is 5.91 Å². The van der Waals surface area contributed by atoms with Crippen LogP contribution in [-0.4, -0.2) is 17.4 Å².